The first kappa shape index (κ1) is 95.2. The van der Waals surface area contributed by atoms with Crippen LogP contribution >= 0.6 is 21.6 Å². The van der Waals surface area contributed by atoms with E-state index in [9.17, 15) is 44.1 Å². The standard InChI is InChI=1S/C95H133N13O15S2.2H2/c1-57(2)23-19-24-58(3)69-39-40-70-68-38-36-65-35-37-66(50-95(65,7)71(68)41-42-94(69,70)6)123-93(122)96-43-18-17-32-73-84(113)105-83(60(5)111)90(119)104-79(88(117)102-77(54-109)59(4)110)56-125-124-55-78(87(116)100-75(47-61-25-11-9-12-26-61)85(114)99-74(82(112)52-98-73)49-64-51-97-72-31-16-15-30-67(64)72)103-86(115)76(48-62-27-13-10-14-28-62)101-89(118)80-33-21-45-107(80)92(121)81-34-22-46-108(81)91(120)63-29-20-44-106(8)53-63;;/h9-16,20,25-31,36,44,51,53,57-60,66-81,83,97-98,109-111H,17-19,21-24,32-35,37-43,45-50,52,54-56H2,1-8H3,(H7-,96,99,100,101,102,103,104,105,113,114,115,116,117,118,119,122);2*1H/p+1/t58?,59?,60?,66-,67?,68?,69?,70?,71?,72?,73?,74?,75?,76?,77?,78?,79?,80?,81?,83?,94?,95?;;/m1../s1/i;2*1+1. The van der Waals surface area contributed by atoms with Gasteiger partial charge >= 0.3 is 6.09 Å². The Morgan fingerprint density at radius 1 is 0.712 bits per heavy atom. The van der Waals surface area contributed by atoms with E-state index in [1.807, 2.05) is 24.3 Å². The van der Waals surface area contributed by atoms with Crippen molar-refractivity contribution < 1.29 is 80.2 Å². The molecule has 21 unspecified atom stereocenters. The zero-order chi connectivity index (χ0) is 89.2. The largest absolute Gasteiger partial charge is 0.446 e. The Kier molecular flexibility index (Phi) is 33.6. The summed E-state index contributed by atoms with van der Waals surface area (Å²) >= 11 is 0. The SMILES string of the molecule is CC(C)CCCC(C)C1CCC2C3CC=C4CC[C@@H](OC(=O)NCCCCC5NCC(=O)C(CC6=CNC7C=CC=CC67)NC(=O)C(Cc6ccccc6)NC(=O)C(NC(=O)C(Cc6ccccc6)NC(=O)C6CCCN6C(=O)C6CCCN6C(=O)c6ccc[n+](C)c6)CSSCC(C(=O)NC(CO)C(C)O)NC(=O)C(C(C)O)NC5=O)CC4(C)C3CCC12C.[2HH].[2HH]. The number of pyridine rings is 1. The zero-order valence-corrected chi connectivity index (χ0v) is 75.5. The van der Waals surface area contributed by atoms with Crippen molar-refractivity contribution in [2.24, 2.45) is 59.3 Å². The van der Waals surface area contributed by atoms with Crippen molar-refractivity contribution in [1.29, 1.82) is 0 Å². The van der Waals surface area contributed by atoms with Gasteiger partial charge in [0.15, 0.2) is 18.2 Å². The number of ether oxygens (including phenoxy) is 1. The van der Waals surface area contributed by atoms with E-state index in [0.29, 0.717) is 78.0 Å². The molecule has 6 fully saturated rings. The number of unbranched alkanes of at least 4 members (excludes halogenated alkanes) is 1. The molecule has 3 saturated carbocycles. The third-order valence-electron chi connectivity index (χ3n) is 28.3. The summed E-state index contributed by atoms with van der Waals surface area (Å²) in [4.78, 5) is 167. The summed E-state index contributed by atoms with van der Waals surface area (Å²) in [6.45, 7) is 14.2. The Hall–Kier alpha value is -8.94. The predicted octanol–water partition coefficient (Wildman–Crippen LogP) is 7.45. The van der Waals surface area contributed by atoms with Gasteiger partial charge in [-0.15, -0.1) is 0 Å². The lowest BCUT2D eigenvalue weighted by molar-refractivity contribution is -0.671. The monoisotopic (exact) mass is 1770 g/mol. The molecule has 0 spiro atoms. The number of nitrogens with zero attached hydrogens (tertiary/aromatic N) is 3. The Labute approximate surface area is 747 Å². The molecule has 125 heavy (non-hydrogen) atoms. The third-order valence-corrected chi connectivity index (χ3v) is 30.8. The maximum Gasteiger partial charge on any atom is 0.407 e. The number of nitrogens with one attached hydrogen (secondary N) is 10. The molecule has 4 aliphatic heterocycles. The van der Waals surface area contributed by atoms with Crippen molar-refractivity contribution in [3.8, 4) is 0 Å². The van der Waals surface area contributed by atoms with Gasteiger partial charge in [0.05, 0.1) is 49.5 Å². The highest BCUT2D eigenvalue weighted by Gasteiger charge is 2.60. The van der Waals surface area contributed by atoms with Crippen LogP contribution in [-0.2, 0) is 67.8 Å². The first-order valence-corrected chi connectivity index (χ1v) is 48.2. The highest BCUT2D eigenvalue weighted by atomic mass is 33.1. The van der Waals surface area contributed by atoms with E-state index in [1.54, 1.807) is 108 Å². The number of aromatic nitrogens is 1. The second kappa shape index (κ2) is 44.2. The number of alkyl carbamates (subject to hydrolysis) is 1. The van der Waals surface area contributed by atoms with Gasteiger partial charge in [-0.3, -0.25) is 53.3 Å². The molecule has 9 aliphatic rings. The van der Waals surface area contributed by atoms with Crippen molar-refractivity contribution >= 4 is 86.6 Å². The van der Waals surface area contributed by atoms with Gasteiger partial charge in [-0.1, -0.05) is 172 Å². The number of rotatable bonds is 28. The predicted molar refractivity (Wildman–Crippen MR) is 483 cm³/mol. The summed E-state index contributed by atoms with van der Waals surface area (Å²) in [7, 11) is 3.74. The lowest BCUT2D eigenvalue weighted by atomic mass is 9.47. The second-order valence-electron chi connectivity index (χ2n) is 37.4. The highest BCUT2D eigenvalue weighted by Crippen LogP contribution is 2.67. The van der Waals surface area contributed by atoms with Crippen LogP contribution < -0.4 is 57.7 Å². The topological polar surface area (TPSA) is 388 Å². The van der Waals surface area contributed by atoms with Gasteiger partial charge in [-0.2, -0.15) is 0 Å². The number of carbonyl (C=O) groups excluding carboxylic acids is 11. The maximum atomic E-state index is 15.6. The molecule has 5 heterocycles. The van der Waals surface area contributed by atoms with E-state index in [4.69, 9.17) is 4.74 Å². The maximum absolute atomic E-state index is 15.6. The minimum absolute atomic E-state index is 0. The Morgan fingerprint density at radius 3 is 2.15 bits per heavy atom. The Morgan fingerprint density at radius 2 is 1.42 bits per heavy atom. The number of Topliss-reactive ketones (excluding diaryl/α,β-unsaturated/α-hetero) is 1. The average molecular weight is 1770 g/mol. The van der Waals surface area contributed by atoms with E-state index < -0.39 is 145 Å². The van der Waals surface area contributed by atoms with Crippen molar-refractivity contribution in [1.82, 2.24) is 63.0 Å². The van der Waals surface area contributed by atoms with Gasteiger partial charge in [0, 0.05) is 58.8 Å². The molecular weight excluding hydrogens is 1630 g/mol. The fourth-order valence-electron chi connectivity index (χ4n) is 21.4. The minimum atomic E-state index is -1.74. The second-order valence-corrected chi connectivity index (χ2v) is 40.0. The van der Waals surface area contributed by atoms with Gasteiger partial charge in [0.25, 0.3) is 5.91 Å². The number of fused-ring (bicyclic) bond motifs is 6. The normalized spacial score (nSPS) is 30.4. The van der Waals surface area contributed by atoms with Crippen LogP contribution in [0, 0.1) is 52.3 Å². The quantitative estimate of drug-likeness (QED) is 0.0145. The molecule has 1 aromatic heterocycles. The smallest absolute Gasteiger partial charge is 0.407 e. The number of benzene rings is 2. The zero-order valence-electron chi connectivity index (χ0n) is 73.9. The molecule has 684 valence electrons. The van der Waals surface area contributed by atoms with Crippen LogP contribution in [-0.4, -0.2) is 219 Å². The van der Waals surface area contributed by atoms with Crippen LogP contribution in [0.3, 0.4) is 0 Å². The van der Waals surface area contributed by atoms with E-state index in [1.165, 1.54) is 69.3 Å². The number of hydrogen-bond donors (Lipinski definition) is 13. The molecule has 13 N–H and O–H groups in total. The van der Waals surface area contributed by atoms with Crippen molar-refractivity contribution in [2.45, 2.75) is 268 Å². The summed E-state index contributed by atoms with van der Waals surface area (Å²) < 4.78 is 8.04. The van der Waals surface area contributed by atoms with Gasteiger partial charge in [0.2, 0.25) is 47.3 Å². The lowest BCUT2D eigenvalue weighted by Gasteiger charge is -2.58. The molecule has 10 amide bonds. The highest BCUT2D eigenvalue weighted by molar-refractivity contribution is 8.76. The fraction of sp³-hybridized carbons (Fsp3) is 0.621. The van der Waals surface area contributed by atoms with Crippen molar-refractivity contribution in [3.05, 3.63) is 150 Å². The number of ketones is 1. The number of aliphatic hydroxyl groups excluding tert-OH is 3. The molecule has 0 radical (unpaired) electrons. The van der Waals surface area contributed by atoms with Crippen LogP contribution in [0.25, 0.3) is 0 Å². The number of aliphatic hydroxyl groups is 3. The molecule has 22 atom stereocenters. The van der Waals surface area contributed by atoms with Gasteiger partial charge in [0.1, 0.15) is 61.0 Å². The van der Waals surface area contributed by atoms with Crippen molar-refractivity contribution in [3.63, 3.8) is 0 Å². The molecule has 0 bridgehead atoms. The van der Waals surface area contributed by atoms with Gasteiger partial charge in [-0.25, -0.2) is 9.36 Å². The van der Waals surface area contributed by atoms with Crippen LogP contribution in [0.5, 0.6) is 0 Å². The summed E-state index contributed by atoms with van der Waals surface area (Å²) in [5, 5.41) is 61.5. The molecule has 3 aromatic rings. The van der Waals surface area contributed by atoms with Gasteiger partial charge < -0.3 is 77.7 Å². The molecule has 30 heteroatoms. The fourth-order valence-corrected chi connectivity index (χ4v) is 23.8. The molecule has 3 saturated heterocycles. The summed E-state index contributed by atoms with van der Waals surface area (Å²) in [6, 6.07) is 7.59. The van der Waals surface area contributed by atoms with E-state index in [-0.39, 0.29) is 95.4 Å². The first-order chi connectivity index (χ1) is 60.0. The Bertz CT molecular complexity index is 4430. The Balaban J connectivity index is 0.00000841. The summed E-state index contributed by atoms with van der Waals surface area (Å²) in [5.41, 5.74) is 4.16. The van der Waals surface area contributed by atoms with Crippen LogP contribution in [0.15, 0.2) is 133 Å². The van der Waals surface area contributed by atoms with Crippen LogP contribution in [0.2, 0.25) is 0 Å². The molecule has 28 nitrogen and oxygen atoms in total. The molecule has 12 rings (SSSR count). The summed E-state index contributed by atoms with van der Waals surface area (Å²) in [5.74, 6) is -4.02. The number of allylic oxidation sites excluding steroid dienone is 4. The molecule has 5 aliphatic carbocycles. The van der Waals surface area contributed by atoms with E-state index in [2.05, 4.69) is 93.9 Å². The third kappa shape index (κ3) is 24.1. The van der Waals surface area contributed by atoms with E-state index >= 15 is 24.0 Å². The number of hydrogen-bond acceptors (Lipinski definition) is 19. The number of aryl methyl sites for hydroxylation is 1. The first-order valence-electron chi connectivity index (χ1n) is 45.7. The van der Waals surface area contributed by atoms with Crippen LogP contribution in [0.4, 0.5) is 4.79 Å². The van der Waals surface area contributed by atoms with Crippen LogP contribution in [0.1, 0.15) is 195 Å². The molecular formula is C95H138N13O15S2+. The minimum Gasteiger partial charge on any atom is -0.446 e. The summed E-state index contributed by atoms with van der Waals surface area (Å²) in [6.07, 6.45) is 26.3. The number of likely N-dealkylation sites (tertiary alicyclic amines) is 2. The van der Waals surface area contributed by atoms with Gasteiger partial charge in [-0.05, 0) is 192 Å². The van der Waals surface area contributed by atoms with E-state index in [0.717, 1.165) is 64.7 Å². The average Bonchev–Trinajstić information content (AvgIpc) is 1.65. The van der Waals surface area contributed by atoms with Crippen molar-refractivity contribution in [2.75, 3.05) is 44.3 Å². The number of amides is 10. The molecule has 2 aromatic carbocycles. The number of carbonyl (C=O) groups is 11. The lowest BCUT2D eigenvalue weighted by Crippen LogP contribution is -2.61.